The van der Waals surface area contributed by atoms with Crippen molar-refractivity contribution < 1.29 is 13.5 Å². The number of pyridine rings is 1. The molecule has 2 rings (SSSR count). The van der Waals surface area contributed by atoms with Crippen LogP contribution in [0.4, 0.5) is 0 Å². The molecule has 5 nitrogen and oxygen atoms in total. The summed E-state index contributed by atoms with van der Waals surface area (Å²) in [6.07, 6.45) is 1.05. The van der Waals surface area contributed by atoms with Crippen LogP contribution < -0.4 is 4.72 Å². The lowest BCUT2D eigenvalue weighted by molar-refractivity contribution is 0.169. The summed E-state index contributed by atoms with van der Waals surface area (Å²) < 4.78 is 26.4. The predicted molar refractivity (Wildman–Crippen MR) is 85.9 cm³/mol. The molecule has 0 aliphatic heterocycles. The van der Waals surface area contributed by atoms with Crippen LogP contribution in [0.1, 0.15) is 23.7 Å². The number of benzene rings is 1. The van der Waals surface area contributed by atoms with E-state index in [-0.39, 0.29) is 12.3 Å². The van der Waals surface area contributed by atoms with Gasteiger partial charge in [-0.25, -0.2) is 18.1 Å². The number of nitrogens with one attached hydrogen (secondary N) is 1. The topological polar surface area (TPSA) is 79.3 Å². The maximum Gasteiger partial charge on any atom is 0.215 e. The Morgan fingerprint density at radius 3 is 2.55 bits per heavy atom. The number of aliphatic hydroxyl groups is 1. The molecule has 1 atom stereocenters. The fraction of sp³-hybridized carbons (Fsp3) is 0.267. The third-order valence-corrected chi connectivity index (χ3v) is 4.65. The largest absolute Gasteiger partial charge is 0.388 e. The molecule has 0 amide bonds. The van der Waals surface area contributed by atoms with Crippen molar-refractivity contribution in [3.05, 3.63) is 64.9 Å². The Morgan fingerprint density at radius 2 is 1.91 bits per heavy atom. The Balaban J connectivity index is 1.84. The number of nitrogens with zero attached hydrogens (tertiary/aromatic N) is 1. The first-order chi connectivity index (χ1) is 10.5. The lowest BCUT2D eigenvalue weighted by Crippen LogP contribution is -2.27. The van der Waals surface area contributed by atoms with E-state index in [1.165, 1.54) is 6.20 Å². The standard InChI is InChI=1S/C15H17ClN2O3S/c16-15-7-6-12(10-17-15)11-22(20,21)18-9-8-14(19)13-4-2-1-3-5-13/h1-7,10,14,18-19H,8-9,11H2. The lowest BCUT2D eigenvalue weighted by atomic mass is 10.1. The van der Waals surface area contributed by atoms with Crippen molar-refractivity contribution in [1.29, 1.82) is 0 Å². The van der Waals surface area contributed by atoms with E-state index >= 15 is 0 Å². The molecule has 1 heterocycles. The smallest absolute Gasteiger partial charge is 0.215 e. The van der Waals surface area contributed by atoms with Crippen LogP contribution in [-0.4, -0.2) is 25.1 Å². The number of sulfonamides is 1. The highest BCUT2D eigenvalue weighted by Gasteiger charge is 2.13. The van der Waals surface area contributed by atoms with Crippen LogP contribution in [0.3, 0.4) is 0 Å². The molecule has 0 spiro atoms. The summed E-state index contributed by atoms with van der Waals surface area (Å²) in [6.45, 7) is 0.166. The van der Waals surface area contributed by atoms with Gasteiger partial charge in [0.05, 0.1) is 11.9 Å². The van der Waals surface area contributed by atoms with Crippen LogP contribution in [0.25, 0.3) is 0 Å². The first-order valence-electron chi connectivity index (χ1n) is 6.77. The molecule has 0 aliphatic carbocycles. The summed E-state index contributed by atoms with van der Waals surface area (Å²) in [6, 6.07) is 12.3. The number of aromatic nitrogens is 1. The molecular formula is C15H17ClN2O3S. The fourth-order valence-corrected chi connectivity index (χ4v) is 3.21. The number of aliphatic hydroxyl groups excluding tert-OH is 1. The van der Waals surface area contributed by atoms with E-state index < -0.39 is 16.1 Å². The number of hydrogen-bond acceptors (Lipinski definition) is 4. The van der Waals surface area contributed by atoms with Gasteiger partial charge in [0.25, 0.3) is 0 Å². The van der Waals surface area contributed by atoms with Gasteiger partial charge in [-0.15, -0.1) is 0 Å². The Kier molecular flexibility index (Phi) is 5.90. The van der Waals surface area contributed by atoms with Crippen LogP contribution in [0, 0.1) is 0 Å². The second kappa shape index (κ2) is 7.69. The number of hydrogen-bond donors (Lipinski definition) is 2. The van der Waals surface area contributed by atoms with E-state index in [4.69, 9.17) is 11.6 Å². The fourth-order valence-electron chi connectivity index (χ4n) is 1.96. The molecule has 0 saturated heterocycles. The molecule has 1 aromatic heterocycles. The maximum absolute atomic E-state index is 11.9. The van der Waals surface area contributed by atoms with Gasteiger partial charge in [0.1, 0.15) is 5.15 Å². The minimum Gasteiger partial charge on any atom is -0.388 e. The third kappa shape index (κ3) is 5.38. The van der Waals surface area contributed by atoms with Gasteiger partial charge in [0, 0.05) is 12.7 Å². The van der Waals surface area contributed by atoms with E-state index in [1.807, 2.05) is 18.2 Å². The molecule has 1 unspecified atom stereocenters. The Labute approximate surface area is 135 Å². The molecule has 0 aliphatic rings. The molecule has 2 N–H and O–H groups in total. The van der Waals surface area contributed by atoms with E-state index in [0.29, 0.717) is 17.1 Å². The van der Waals surface area contributed by atoms with E-state index in [0.717, 1.165) is 5.56 Å². The first-order valence-corrected chi connectivity index (χ1v) is 8.80. The SMILES string of the molecule is O=S(=O)(Cc1ccc(Cl)nc1)NCCC(O)c1ccccc1. The van der Waals surface area contributed by atoms with E-state index in [9.17, 15) is 13.5 Å². The average molecular weight is 341 g/mol. The van der Waals surface area contributed by atoms with E-state index in [2.05, 4.69) is 9.71 Å². The summed E-state index contributed by atoms with van der Waals surface area (Å²) >= 11 is 5.66. The quantitative estimate of drug-likeness (QED) is 0.758. The van der Waals surface area contributed by atoms with Gasteiger partial charge in [-0.3, -0.25) is 0 Å². The summed E-state index contributed by atoms with van der Waals surface area (Å²) in [4.78, 5) is 3.84. The molecule has 0 radical (unpaired) electrons. The van der Waals surface area contributed by atoms with Gasteiger partial charge in [-0.2, -0.15) is 0 Å². The van der Waals surface area contributed by atoms with Gasteiger partial charge in [0.2, 0.25) is 10.0 Å². The van der Waals surface area contributed by atoms with Crippen molar-refractivity contribution in [2.75, 3.05) is 6.54 Å². The van der Waals surface area contributed by atoms with Gasteiger partial charge >= 0.3 is 0 Å². The van der Waals surface area contributed by atoms with Crippen LogP contribution in [-0.2, 0) is 15.8 Å². The first kappa shape index (κ1) is 16.9. The zero-order chi connectivity index (χ0) is 16.0. The third-order valence-electron chi connectivity index (χ3n) is 3.07. The molecule has 7 heteroatoms. The van der Waals surface area contributed by atoms with Crippen molar-refractivity contribution in [2.45, 2.75) is 18.3 Å². The van der Waals surface area contributed by atoms with Crippen LogP contribution in [0.2, 0.25) is 5.15 Å². The second-order valence-corrected chi connectivity index (χ2v) is 7.05. The molecule has 0 fully saturated rings. The molecule has 0 bridgehead atoms. The molecule has 1 aromatic carbocycles. The Hall–Kier alpha value is -1.47. The molecule has 118 valence electrons. The number of halogens is 1. The molecule has 0 saturated carbocycles. The van der Waals surface area contributed by atoms with Gasteiger partial charge in [-0.05, 0) is 23.6 Å². The van der Waals surface area contributed by atoms with Gasteiger partial charge in [-0.1, -0.05) is 48.0 Å². The van der Waals surface area contributed by atoms with Crippen molar-refractivity contribution in [2.24, 2.45) is 0 Å². The van der Waals surface area contributed by atoms with Gasteiger partial charge in [0.15, 0.2) is 0 Å². The zero-order valence-corrected chi connectivity index (χ0v) is 13.4. The van der Waals surface area contributed by atoms with Crippen molar-refractivity contribution in [3.8, 4) is 0 Å². The van der Waals surface area contributed by atoms with Crippen molar-refractivity contribution >= 4 is 21.6 Å². The zero-order valence-electron chi connectivity index (χ0n) is 11.8. The highest BCUT2D eigenvalue weighted by atomic mass is 35.5. The van der Waals surface area contributed by atoms with Gasteiger partial charge < -0.3 is 5.11 Å². The summed E-state index contributed by atoms with van der Waals surface area (Å²) in [7, 11) is -3.47. The Bertz CT molecular complexity index is 690. The van der Waals surface area contributed by atoms with Crippen LogP contribution in [0.15, 0.2) is 48.7 Å². The minimum absolute atomic E-state index is 0.166. The second-order valence-electron chi connectivity index (χ2n) is 4.86. The summed E-state index contributed by atoms with van der Waals surface area (Å²) in [5, 5.41) is 10.3. The molecule has 22 heavy (non-hydrogen) atoms. The average Bonchev–Trinajstić information content (AvgIpc) is 2.50. The van der Waals surface area contributed by atoms with Crippen LogP contribution in [0.5, 0.6) is 0 Å². The predicted octanol–water partition coefficient (Wildman–Crippen LogP) is 2.28. The van der Waals surface area contributed by atoms with E-state index in [1.54, 1.807) is 24.3 Å². The lowest BCUT2D eigenvalue weighted by Gasteiger charge is -2.12. The maximum atomic E-state index is 11.9. The normalized spacial score (nSPS) is 13.0. The highest BCUT2D eigenvalue weighted by Crippen LogP contribution is 2.15. The number of rotatable bonds is 7. The van der Waals surface area contributed by atoms with Crippen molar-refractivity contribution in [1.82, 2.24) is 9.71 Å². The van der Waals surface area contributed by atoms with Crippen LogP contribution >= 0.6 is 11.6 Å². The summed E-state index contributed by atoms with van der Waals surface area (Å²) in [5.74, 6) is -0.168. The molecular weight excluding hydrogens is 324 g/mol. The van der Waals surface area contributed by atoms with Crippen molar-refractivity contribution in [3.63, 3.8) is 0 Å². The monoisotopic (exact) mass is 340 g/mol. The summed E-state index contributed by atoms with van der Waals surface area (Å²) in [5.41, 5.74) is 1.32. The molecule has 2 aromatic rings. The minimum atomic E-state index is -3.47. The Morgan fingerprint density at radius 1 is 1.18 bits per heavy atom. The highest BCUT2D eigenvalue weighted by molar-refractivity contribution is 7.88.